The molecule has 2 aromatic carbocycles. The molecule has 1 N–H and O–H groups in total. The zero-order valence-corrected chi connectivity index (χ0v) is 14.3. The van der Waals surface area contributed by atoms with Crippen LogP contribution in [0.3, 0.4) is 0 Å². The Kier molecular flexibility index (Phi) is 4.74. The van der Waals surface area contributed by atoms with Gasteiger partial charge in [0, 0.05) is 23.4 Å². The molecular weight excluding hydrogens is 334 g/mol. The quantitative estimate of drug-likeness (QED) is 0.559. The maximum atomic E-state index is 12.4. The van der Waals surface area contributed by atoms with E-state index < -0.39 is 10.8 Å². The van der Waals surface area contributed by atoms with Crippen molar-refractivity contribution < 1.29 is 9.72 Å². The first-order valence-electron chi connectivity index (χ1n) is 8.02. The van der Waals surface area contributed by atoms with E-state index in [9.17, 15) is 14.9 Å². The second-order valence-corrected chi connectivity index (χ2v) is 6.04. The van der Waals surface area contributed by atoms with Gasteiger partial charge >= 0.3 is 0 Å². The minimum atomic E-state index is -0.532. The molecule has 0 spiro atoms. The van der Waals surface area contributed by atoms with Crippen LogP contribution >= 0.6 is 0 Å². The van der Waals surface area contributed by atoms with Gasteiger partial charge in [-0.25, -0.2) is 4.68 Å². The number of nitro benzene ring substituents is 1. The Labute approximate surface area is 149 Å². The van der Waals surface area contributed by atoms with Crippen molar-refractivity contribution in [3.63, 3.8) is 0 Å². The van der Waals surface area contributed by atoms with Crippen molar-refractivity contribution in [2.24, 2.45) is 0 Å². The molecule has 0 unspecified atom stereocenters. The lowest BCUT2D eigenvalue weighted by Gasteiger charge is -2.11. The van der Waals surface area contributed by atoms with Crippen molar-refractivity contribution in [3.8, 4) is 5.69 Å². The van der Waals surface area contributed by atoms with E-state index in [2.05, 4.69) is 15.6 Å². The van der Waals surface area contributed by atoms with Crippen molar-refractivity contribution in [3.05, 3.63) is 76.1 Å². The average Bonchev–Trinajstić information content (AvgIpc) is 3.12. The van der Waals surface area contributed by atoms with Gasteiger partial charge in [0.1, 0.15) is 0 Å². The summed E-state index contributed by atoms with van der Waals surface area (Å²) in [5.74, 6) is -0.179. The summed E-state index contributed by atoms with van der Waals surface area (Å²) >= 11 is 0. The van der Waals surface area contributed by atoms with E-state index in [0.29, 0.717) is 5.69 Å². The average molecular weight is 351 g/mol. The minimum absolute atomic E-state index is 0.129. The highest BCUT2D eigenvalue weighted by molar-refractivity contribution is 6.04. The zero-order valence-electron chi connectivity index (χ0n) is 14.3. The maximum absolute atomic E-state index is 12.4. The Morgan fingerprint density at radius 3 is 2.69 bits per heavy atom. The van der Waals surface area contributed by atoms with Crippen LogP contribution in [-0.2, 0) is 0 Å². The normalized spacial score (nSPS) is 10.7. The second kappa shape index (κ2) is 7.14. The van der Waals surface area contributed by atoms with Crippen molar-refractivity contribution in [1.82, 2.24) is 15.0 Å². The lowest BCUT2D eigenvalue weighted by molar-refractivity contribution is -0.384. The largest absolute Gasteiger partial charge is 0.322 e. The third kappa shape index (κ3) is 3.59. The number of rotatable bonds is 5. The Morgan fingerprint density at radius 2 is 1.96 bits per heavy atom. The molecular formula is C18H17N5O3. The van der Waals surface area contributed by atoms with E-state index in [0.717, 1.165) is 11.4 Å². The van der Waals surface area contributed by atoms with Crippen molar-refractivity contribution >= 4 is 17.3 Å². The fourth-order valence-corrected chi connectivity index (χ4v) is 2.52. The number of nitro groups is 1. The molecule has 0 saturated heterocycles. The van der Waals surface area contributed by atoms with E-state index in [1.54, 1.807) is 29.1 Å². The Balaban J connectivity index is 1.85. The number of aromatic nitrogens is 3. The van der Waals surface area contributed by atoms with Gasteiger partial charge in [-0.2, -0.15) is 0 Å². The maximum Gasteiger partial charge on any atom is 0.270 e. The topological polar surface area (TPSA) is 103 Å². The van der Waals surface area contributed by atoms with E-state index in [1.165, 1.54) is 24.3 Å². The van der Waals surface area contributed by atoms with E-state index >= 15 is 0 Å². The van der Waals surface area contributed by atoms with Crippen LogP contribution in [0.15, 0.2) is 54.7 Å². The van der Waals surface area contributed by atoms with Gasteiger partial charge in [-0.05, 0) is 30.2 Å². The van der Waals surface area contributed by atoms with Crippen LogP contribution in [0.2, 0.25) is 0 Å². The standard InChI is InChI=1S/C18H17N5O3/c1-12(2)17-11-19-21-22(17)15-7-4-6-14(10-15)20-18(24)13-5-3-8-16(9-13)23(25)26/h3-12H,1-2H3,(H,20,24). The predicted molar refractivity (Wildman–Crippen MR) is 96.5 cm³/mol. The van der Waals surface area contributed by atoms with Gasteiger partial charge in [0.05, 0.1) is 22.5 Å². The van der Waals surface area contributed by atoms with Gasteiger partial charge in [-0.1, -0.05) is 31.2 Å². The van der Waals surface area contributed by atoms with Crippen LogP contribution < -0.4 is 5.32 Å². The predicted octanol–water partition coefficient (Wildman–Crippen LogP) is 3.55. The molecule has 0 saturated carbocycles. The molecule has 1 heterocycles. The molecule has 0 fully saturated rings. The lowest BCUT2D eigenvalue weighted by atomic mass is 10.1. The number of nitrogens with zero attached hydrogens (tertiary/aromatic N) is 4. The van der Waals surface area contributed by atoms with Crippen LogP contribution in [0.1, 0.15) is 35.8 Å². The Bertz CT molecular complexity index is 965. The molecule has 1 amide bonds. The zero-order chi connectivity index (χ0) is 18.7. The number of anilines is 1. The van der Waals surface area contributed by atoms with Crippen molar-refractivity contribution in [1.29, 1.82) is 0 Å². The lowest BCUT2D eigenvalue weighted by Crippen LogP contribution is -2.12. The molecule has 0 aliphatic rings. The van der Waals surface area contributed by atoms with Crippen molar-refractivity contribution in [2.45, 2.75) is 19.8 Å². The molecule has 0 aliphatic heterocycles. The smallest absolute Gasteiger partial charge is 0.270 e. The van der Waals surface area contributed by atoms with Gasteiger partial charge < -0.3 is 5.32 Å². The molecule has 0 radical (unpaired) electrons. The number of carbonyl (C=O) groups is 1. The molecule has 0 aliphatic carbocycles. The van der Waals surface area contributed by atoms with Gasteiger partial charge in [-0.3, -0.25) is 14.9 Å². The number of benzene rings is 2. The summed E-state index contributed by atoms with van der Waals surface area (Å²) in [6.07, 6.45) is 1.71. The fraction of sp³-hybridized carbons (Fsp3) is 0.167. The Morgan fingerprint density at radius 1 is 1.19 bits per heavy atom. The summed E-state index contributed by atoms with van der Waals surface area (Å²) in [5.41, 5.74) is 2.36. The first-order chi connectivity index (χ1) is 12.5. The number of amides is 1. The van der Waals surface area contributed by atoms with Crippen LogP contribution in [-0.4, -0.2) is 25.8 Å². The fourth-order valence-electron chi connectivity index (χ4n) is 2.52. The molecule has 3 aromatic rings. The summed E-state index contributed by atoms with van der Waals surface area (Å²) in [5, 5.41) is 21.6. The van der Waals surface area contributed by atoms with E-state index in [1.807, 2.05) is 19.9 Å². The number of hydrogen-bond acceptors (Lipinski definition) is 5. The highest BCUT2D eigenvalue weighted by Crippen LogP contribution is 2.21. The second-order valence-electron chi connectivity index (χ2n) is 6.04. The molecule has 3 rings (SSSR count). The first-order valence-corrected chi connectivity index (χ1v) is 8.02. The van der Waals surface area contributed by atoms with Gasteiger partial charge in [0.2, 0.25) is 0 Å². The SMILES string of the molecule is CC(C)c1cnnn1-c1cccc(NC(=O)c2cccc([N+](=O)[O-])c2)c1. The van der Waals surface area contributed by atoms with Gasteiger partial charge in [-0.15, -0.1) is 5.10 Å². The van der Waals surface area contributed by atoms with Crippen LogP contribution in [0, 0.1) is 10.1 Å². The summed E-state index contributed by atoms with van der Waals surface area (Å²) in [4.78, 5) is 22.7. The van der Waals surface area contributed by atoms with E-state index in [4.69, 9.17) is 0 Å². The van der Waals surface area contributed by atoms with Gasteiger partial charge in [0.25, 0.3) is 11.6 Å². The van der Waals surface area contributed by atoms with E-state index in [-0.39, 0.29) is 17.2 Å². The molecule has 0 atom stereocenters. The molecule has 8 heteroatoms. The number of non-ortho nitro benzene ring substituents is 1. The molecule has 1 aromatic heterocycles. The van der Waals surface area contributed by atoms with Crippen LogP contribution in [0.5, 0.6) is 0 Å². The number of carbonyl (C=O) groups excluding carboxylic acids is 1. The molecule has 8 nitrogen and oxygen atoms in total. The van der Waals surface area contributed by atoms with Crippen LogP contribution in [0.25, 0.3) is 5.69 Å². The first kappa shape index (κ1) is 17.3. The minimum Gasteiger partial charge on any atom is -0.322 e. The molecule has 26 heavy (non-hydrogen) atoms. The summed E-state index contributed by atoms with van der Waals surface area (Å²) in [6.45, 7) is 4.09. The Hall–Kier alpha value is -3.55. The summed E-state index contributed by atoms with van der Waals surface area (Å²) in [6, 6.07) is 12.8. The summed E-state index contributed by atoms with van der Waals surface area (Å²) < 4.78 is 1.72. The van der Waals surface area contributed by atoms with Crippen molar-refractivity contribution in [2.75, 3.05) is 5.32 Å². The summed E-state index contributed by atoms with van der Waals surface area (Å²) in [7, 11) is 0. The third-order valence-corrected chi connectivity index (χ3v) is 3.83. The highest BCUT2D eigenvalue weighted by atomic mass is 16.6. The van der Waals surface area contributed by atoms with Crippen LogP contribution in [0.4, 0.5) is 11.4 Å². The monoisotopic (exact) mass is 351 g/mol. The molecule has 132 valence electrons. The third-order valence-electron chi connectivity index (χ3n) is 3.83. The number of hydrogen-bond donors (Lipinski definition) is 1. The number of nitrogens with one attached hydrogen (secondary N) is 1. The molecule has 0 bridgehead atoms. The van der Waals surface area contributed by atoms with Gasteiger partial charge in [0.15, 0.2) is 0 Å². The highest BCUT2D eigenvalue weighted by Gasteiger charge is 2.13.